The first-order valence-corrected chi connectivity index (χ1v) is 7.63. The average Bonchev–Trinajstić information content (AvgIpc) is 2.45. The van der Waals surface area contributed by atoms with Gasteiger partial charge < -0.3 is 15.4 Å². The van der Waals surface area contributed by atoms with Gasteiger partial charge in [0.15, 0.2) is 5.96 Å². The summed E-state index contributed by atoms with van der Waals surface area (Å²) in [6.07, 6.45) is 0. The van der Waals surface area contributed by atoms with Crippen LogP contribution in [0.5, 0.6) is 0 Å². The van der Waals surface area contributed by atoms with Crippen LogP contribution < -0.4 is 10.6 Å². The molecule has 4 nitrogen and oxygen atoms in total. The minimum atomic E-state index is -0.203. The van der Waals surface area contributed by atoms with Crippen molar-refractivity contribution in [2.24, 2.45) is 10.4 Å². The monoisotopic (exact) mass is 307 g/mol. The third-order valence-electron chi connectivity index (χ3n) is 4.11. The number of aliphatic imine (C=N–C) groups is 1. The highest BCUT2D eigenvalue weighted by Gasteiger charge is 2.33. The smallest absolute Gasteiger partial charge is 0.191 e. The van der Waals surface area contributed by atoms with E-state index in [0.29, 0.717) is 6.54 Å². The van der Waals surface area contributed by atoms with Crippen molar-refractivity contribution in [1.29, 1.82) is 0 Å². The summed E-state index contributed by atoms with van der Waals surface area (Å²) in [5.41, 5.74) is 0.966. The number of benzene rings is 1. The number of hydrogen-bond donors (Lipinski definition) is 2. The molecule has 1 aliphatic heterocycles. The van der Waals surface area contributed by atoms with Gasteiger partial charge in [0, 0.05) is 31.0 Å². The van der Waals surface area contributed by atoms with Gasteiger partial charge in [0.25, 0.3) is 0 Å². The van der Waals surface area contributed by atoms with Gasteiger partial charge in [0.1, 0.15) is 5.82 Å². The number of rotatable bonds is 5. The van der Waals surface area contributed by atoms with Gasteiger partial charge in [-0.2, -0.15) is 0 Å². The lowest BCUT2D eigenvalue weighted by atomic mass is 9.84. The molecule has 0 aliphatic carbocycles. The third-order valence-corrected chi connectivity index (χ3v) is 4.11. The van der Waals surface area contributed by atoms with E-state index < -0.39 is 0 Å². The zero-order chi connectivity index (χ0) is 16.2. The fourth-order valence-electron chi connectivity index (χ4n) is 2.39. The maximum atomic E-state index is 13.4. The Labute approximate surface area is 132 Å². The van der Waals surface area contributed by atoms with E-state index >= 15 is 0 Å². The lowest BCUT2D eigenvalue weighted by Crippen LogP contribution is -2.52. The van der Waals surface area contributed by atoms with Crippen LogP contribution in [0.3, 0.4) is 0 Å². The van der Waals surface area contributed by atoms with E-state index in [1.54, 1.807) is 19.2 Å². The molecule has 2 rings (SSSR count). The van der Waals surface area contributed by atoms with Gasteiger partial charge >= 0.3 is 0 Å². The molecule has 122 valence electrons. The van der Waals surface area contributed by atoms with E-state index in [1.165, 1.54) is 6.07 Å². The first kappa shape index (κ1) is 16.7. The Morgan fingerprint density at radius 2 is 2.09 bits per heavy atom. The number of nitrogens with zero attached hydrogens (tertiary/aromatic N) is 1. The fraction of sp³-hybridized carbons (Fsp3) is 0.588. The van der Waals surface area contributed by atoms with Gasteiger partial charge in [-0.05, 0) is 17.7 Å². The fourth-order valence-corrected chi connectivity index (χ4v) is 2.39. The molecule has 22 heavy (non-hydrogen) atoms. The van der Waals surface area contributed by atoms with Crippen LogP contribution in [0.25, 0.3) is 0 Å². The highest BCUT2D eigenvalue weighted by Crippen LogP contribution is 2.25. The molecule has 0 amide bonds. The summed E-state index contributed by atoms with van der Waals surface area (Å²) in [4.78, 5) is 4.24. The van der Waals surface area contributed by atoms with Crippen LogP contribution in [0.1, 0.15) is 26.3 Å². The topological polar surface area (TPSA) is 45.7 Å². The second kappa shape index (κ2) is 6.65. The predicted molar refractivity (Wildman–Crippen MR) is 87.7 cm³/mol. The van der Waals surface area contributed by atoms with Gasteiger partial charge in [-0.15, -0.1) is 0 Å². The van der Waals surface area contributed by atoms with Crippen molar-refractivity contribution in [2.45, 2.75) is 26.2 Å². The second-order valence-corrected chi connectivity index (χ2v) is 6.98. The number of hydrogen-bond acceptors (Lipinski definition) is 2. The van der Waals surface area contributed by atoms with Gasteiger partial charge in [-0.3, -0.25) is 4.99 Å². The van der Waals surface area contributed by atoms with Crippen LogP contribution in [0.15, 0.2) is 29.3 Å². The van der Waals surface area contributed by atoms with Crippen LogP contribution >= 0.6 is 0 Å². The standard InChI is InChI=1S/C17H26FN3O/c1-16(2,13-6-5-7-14(18)8-13)9-20-15(19-4)21-10-17(3)11-22-12-17/h5-8H,9-12H2,1-4H3,(H2,19,20,21). The largest absolute Gasteiger partial charge is 0.380 e. The molecular weight excluding hydrogens is 281 g/mol. The van der Waals surface area contributed by atoms with Gasteiger partial charge in [-0.1, -0.05) is 32.9 Å². The van der Waals surface area contributed by atoms with Crippen LogP contribution in [-0.4, -0.2) is 39.3 Å². The molecule has 5 heteroatoms. The molecule has 0 aromatic heterocycles. The van der Waals surface area contributed by atoms with Crippen molar-refractivity contribution < 1.29 is 9.13 Å². The first-order valence-electron chi connectivity index (χ1n) is 7.63. The molecule has 0 spiro atoms. The molecule has 0 atom stereocenters. The maximum absolute atomic E-state index is 13.4. The van der Waals surface area contributed by atoms with Crippen molar-refractivity contribution >= 4 is 5.96 Å². The Balaban J connectivity index is 1.89. The van der Waals surface area contributed by atoms with E-state index in [4.69, 9.17) is 4.74 Å². The number of halogens is 1. The molecule has 1 aliphatic rings. The van der Waals surface area contributed by atoms with Crippen molar-refractivity contribution in [3.05, 3.63) is 35.6 Å². The van der Waals surface area contributed by atoms with E-state index in [-0.39, 0.29) is 16.6 Å². The minimum absolute atomic E-state index is 0.190. The molecule has 0 unspecified atom stereocenters. The van der Waals surface area contributed by atoms with Crippen molar-refractivity contribution in [3.63, 3.8) is 0 Å². The highest BCUT2D eigenvalue weighted by molar-refractivity contribution is 5.79. The van der Waals surface area contributed by atoms with E-state index in [9.17, 15) is 4.39 Å². The SMILES string of the molecule is CN=C(NCC1(C)COC1)NCC(C)(C)c1cccc(F)c1. The van der Waals surface area contributed by atoms with Crippen LogP contribution in [0, 0.1) is 11.2 Å². The van der Waals surface area contributed by atoms with Gasteiger partial charge in [0.05, 0.1) is 13.2 Å². The molecule has 1 heterocycles. The van der Waals surface area contributed by atoms with E-state index in [0.717, 1.165) is 31.3 Å². The molecule has 1 aromatic carbocycles. The van der Waals surface area contributed by atoms with Gasteiger partial charge in [0.2, 0.25) is 0 Å². The molecule has 1 saturated heterocycles. The van der Waals surface area contributed by atoms with E-state index in [1.807, 2.05) is 6.07 Å². The Hall–Kier alpha value is -1.62. The van der Waals surface area contributed by atoms with Crippen molar-refractivity contribution in [3.8, 4) is 0 Å². The summed E-state index contributed by atoms with van der Waals surface area (Å²) in [6.45, 7) is 9.42. The summed E-state index contributed by atoms with van der Waals surface area (Å²) in [5.74, 6) is 0.559. The molecular formula is C17H26FN3O. The second-order valence-electron chi connectivity index (χ2n) is 6.98. The normalized spacial score (nSPS) is 17.8. The lowest BCUT2D eigenvalue weighted by Gasteiger charge is -2.38. The minimum Gasteiger partial charge on any atom is -0.380 e. The summed E-state index contributed by atoms with van der Waals surface area (Å²) < 4.78 is 18.6. The Morgan fingerprint density at radius 3 is 2.64 bits per heavy atom. The Bertz CT molecular complexity index is 538. The van der Waals surface area contributed by atoms with E-state index in [2.05, 4.69) is 36.4 Å². The Morgan fingerprint density at radius 1 is 1.36 bits per heavy atom. The zero-order valence-electron chi connectivity index (χ0n) is 13.9. The van der Waals surface area contributed by atoms with Crippen molar-refractivity contribution in [1.82, 2.24) is 10.6 Å². The molecule has 1 fully saturated rings. The molecule has 2 N–H and O–H groups in total. The summed E-state index contributed by atoms with van der Waals surface area (Å²) in [5, 5.41) is 6.66. The van der Waals surface area contributed by atoms with Crippen LogP contribution in [0.4, 0.5) is 4.39 Å². The predicted octanol–water partition coefficient (Wildman–Crippen LogP) is 2.30. The summed E-state index contributed by atoms with van der Waals surface area (Å²) >= 11 is 0. The van der Waals surface area contributed by atoms with Crippen molar-refractivity contribution in [2.75, 3.05) is 33.4 Å². The zero-order valence-corrected chi connectivity index (χ0v) is 13.9. The number of ether oxygens (including phenoxy) is 1. The molecule has 0 radical (unpaired) electrons. The highest BCUT2D eigenvalue weighted by atomic mass is 19.1. The maximum Gasteiger partial charge on any atom is 0.191 e. The lowest BCUT2D eigenvalue weighted by molar-refractivity contribution is -0.0971. The quantitative estimate of drug-likeness (QED) is 0.648. The summed E-state index contributed by atoms with van der Waals surface area (Å²) in [7, 11) is 1.75. The first-order chi connectivity index (χ1) is 10.3. The van der Waals surface area contributed by atoms with Crippen LogP contribution in [-0.2, 0) is 10.2 Å². The Kier molecular flexibility index (Phi) is 5.06. The summed E-state index contributed by atoms with van der Waals surface area (Å²) in [6, 6.07) is 6.75. The van der Waals surface area contributed by atoms with Crippen LogP contribution in [0.2, 0.25) is 0 Å². The van der Waals surface area contributed by atoms with Gasteiger partial charge in [-0.25, -0.2) is 4.39 Å². The molecule has 0 saturated carbocycles. The third kappa shape index (κ3) is 4.19. The molecule has 0 bridgehead atoms. The number of guanidine groups is 1. The molecule has 1 aromatic rings. The number of nitrogens with one attached hydrogen (secondary N) is 2. The average molecular weight is 307 g/mol.